The summed E-state index contributed by atoms with van der Waals surface area (Å²) >= 11 is 0. The largest absolute Gasteiger partial charge is 0.461 e. The van der Waals surface area contributed by atoms with Gasteiger partial charge in [-0.25, -0.2) is 0 Å². The molecule has 1 saturated heterocycles. The molecule has 1 fully saturated rings. The quantitative estimate of drug-likeness (QED) is 0.571. The summed E-state index contributed by atoms with van der Waals surface area (Å²) in [6.07, 6.45) is 0.454. The number of fused-ring (bicyclic) bond motifs is 3. The maximum atomic E-state index is 12.8. The zero-order valence-electron chi connectivity index (χ0n) is 15.9. The third-order valence-corrected chi connectivity index (χ3v) is 7.36. The molecule has 2 unspecified atom stereocenters. The zero-order valence-corrected chi connectivity index (χ0v) is 16.7. The molecule has 2 aliphatic carbocycles. The number of ketones is 1. The minimum absolute atomic E-state index is 0.0614. The molecule has 1 aromatic carbocycles. The number of esters is 1. The second-order valence-corrected chi connectivity index (χ2v) is 9.37. The molecule has 7 heteroatoms. The number of ether oxygens (including phenoxy) is 1. The molecule has 1 aromatic rings. The van der Waals surface area contributed by atoms with Crippen molar-refractivity contribution in [3.63, 3.8) is 0 Å². The van der Waals surface area contributed by atoms with Crippen LogP contribution < -0.4 is 0 Å². The van der Waals surface area contributed by atoms with E-state index in [1.165, 1.54) is 12.1 Å². The fourth-order valence-corrected chi connectivity index (χ4v) is 5.81. The van der Waals surface area contributed by atoms with Crippen LogP contribution in [0, 0.1) is 17.8 Å². The van der Waals surface area contributed by atoms with E-state index in [4.69, 9.17) is 8.92 Å². The van der Waals surface area contributed by atoms with E-state index >= 15 is 0 Å². The monoisotopic (exact) mass is 402 g/mol. The Morgan fingerprint density at radius 1 is 1.11 bits per heavy atom. The molecule has 0 bridgehead atoms. The maximum absolute atomic E-state index is 12.8. The molecule has 0 amide bonds. The first-order valence-corrected chi connectivity index (χ1v) is 10.7. The first-order chi connectivity index (χ1) is 13.2. The first-order valence-electron chi connectivity index (χ1n) is 9.31. The van der Waals surface area contributed by atoms with Gasteiger partial charge in [0.15, 0.2) is 5.78 Å². The van der Waals surface area contributed by atoms with Crippen molar-refractivity contribution in [2.45, 2.75) is 44.3 Å². The zero-order chi connectivity index (χ0) is 20.2. The lowest BCUT2D eigenvalue weighted by Crippen LogP contribution is -2.38. The Morgan fingerprint density at radius 3 is 2.46 bits per heavy atom. The highest BCUT2D eigenvalue weighted by Gasteiger charge is 2.55. The summed E-state index contributed by atoms with van der Waals surface area (Å²) in [5, 5.41) is 0. The van der Waals surface area contributed by atoms with Gasteiger partial charge in [0.2, 0.25) is 0 Å². The lowest BCUT2D eigenvalue weighted by atomic mass is 9.80. The molecule has 0 spiro atoms. The van der Waals surface area contributed by atoms with Crippen molar-refractivity contribution >= 4 is 21.9 Å². The topological polar surface area (TPSA) is 86.7 Å². The number of benzene rings is 1. The molecular formula is C21H22O6S. The molecule has 0 radical (unpaired) electrons. The minimum atomic E-state index is -4.02. The predicted molar refractivity (Wildman–Crippen MR) is 101 cm³/mol. The predicted octanol–water partition coefficient (Wildman–Crippen LogP) is 2.80. The molecule has 1 aliphatic heterocycles. The lowest BCUT2D eigenvalue weighted by molar-refractivity contribution is -0.144. The van der Waals surface area contributed by atoms with E-state index in [-0.39, 0.29) is 29.0 Å². The van der Waals surface area contributed by atoms with Crippen LogP contribution >= 0.6 is 0 Å². The number of hydrogen-bond donors (Lipinski definition) is 0. The maximum Gasteiger partial charge on any atom is 0.309 e. The molecule has 5 atom stereocenters. The van der Waals surface area contributed by atoms with Crippen LogP contribution in [-0.4, -0.2) is 32.4 Å². The van der Waals surface area contributed by atoms with Crippen LogP contribution in [0.3, 0.4) is 0 Å². The first kappa shape index (κ1) is 19.1. The molecule has 1 heterocycles. The molecule has 0 aromatic heterocycles. The van der Waals surface area contributed by atoms with Gasteiger partial charge in [-0.05, 0) is 38.5 Å². The Hall–Kier alpha value is -2.25. The normalized spacial score (nSPS) is 32.5. The van der Waals surface area contributed by atoms with Crippen molar-refractivity contribution in [1.29, 1.82) is 0 Å². The summed E-state index contributed by atoms with van der Waals surface area (Å²) in [5.74, 6) is -1.79. The van der Waals surface area contributed by atoms with Crippen LogP contribution in [0.4, 0.5) is 0 Å². The van der Waals surface area contributed by atoms with Gasteiger partial charge < -0.3 is 4.74 Å². The molecule has 148 valence electrons. The van der Waals surface area contributed by atoms with Crippen LogP contribution in [-0.2, 0) is 28.6 Å². The second-order valence-electron chi connectivity index (χ2n) is 7.80. The van der Waals surface area contributed by atoms with E-state index in [1.54, 1.807) is 31.2 Å². The minimum Gasteiger partial charge on any atom is -0.461 e. The van der Waals surface area contributed by atoms with Gasteiger partial charge in [-0.2, -0.15) is 8.42 Å². The summed E-state index contributed by atoms with van der Waals surface area (Å²) in [6.45, 7) is 5.40. The summed E-state index contributed by atoms with van der Waals surface area (Å²) in [7, 11) is -4.02. The van der Waals surface area contributed by atoms with Crippen LogP contribution in [0.2, 0.25) is 0 Å². The Labute approximate surface area is 164 Å². The van der Waals surface area contributed by atoms with Gasteiger partial charge in [0, 0.05) is 17.4 Å². The number of carbonyl (C=O) groups excluding carboxylic acids is 2. The summed E-state index contributed by atoms with van der Waals surface area (Å²) in [4.78, 5) is 24.9. The second kappa shape index (κ2) is 6.67. The highest BCUT2D eigenvalue weighted by atomic mass is 32.2. The Balaban J connectivity index is 1.76. The summed E-state index contributed by atoms with van der Waals surface area (Å²) in [6, 6.07) is 7.92. The van der Waals surface area contributed by atoms with Crippen molar-refractivity contribution in [2.24, 2.45) is 17.8 Å². The number of rotatable bonds is 3. The van der Waals surface area contributed by atoms with E-state index < -0.39 is 34.2 Å². The van der Waals surface area contributed by atoms with Crippen LogP contribution in [0.5, 0.6) is 0 Å². The average molecular weight is 402 g/mol. The van der Waals surface area contributed by atoms with Gasteiger partial charge in [0.25, 0.3) is 10.1 Å². The van der Waals surface area contributed by atoms with Gasteiger partial charge in [-0.1, -0.05) is 36.3 Å². The summed E-state index contributed by atoms with van der Waals surface area (Å²) in [5.41, 5.74) is 2.23. The fraction of sp³-hybridized carbons (Fsp3) is 0.429. The van der Waals surface area contributed by atoms with Crippen LogP contribution in [0.1, 0.15) is 27.2 Å². The van der Waals surface area contributed by atoms with E-state index in [1.807, 2.05) is 13.8 Å². The summed E-state index contributed by atoms with van der Waals surface area (Å²) < 4.78 is 37.0. The molecule has 6 nitrogen and oxygen atoms in total. The van der Waals surface area contributed by atoms with E-state index in [2.05, 4.69) is 0 Å². The van der Waals surface area contributed by atoms with Crippen molar-refractivity contribution in [3.05, 3.63) is 53.1 Å². The molecule has 0 saturated carbocycles. The van der Waals surface area contributed by atoms with Gasteiger partial charge in [-0.3, -0.25) is 13.8 Å². The Bertz CT molecular complexity index is 1000. The van der Waals surface area contributed by atoms with Crippen molar-refractivity contribution in [3.8, 4) is 0 Å². The fourth-order valence-electron chi connectivity index (χ4n) is 4.69. The molecule has 4 rings (SSSR count). The van der Waals surface area contributed by atoms with Crippen molar-refractivity contribution in [2.75, 3.05) is 0 Å². The van der Waals surface area contributed by atoms with E-state index in [9.17, 15) is 18.0 Å². The lowest BCUT2D eigenvalue weighted by Gasteiger charge is -2.29. The van der Waals surface area contributed by atoms with E-state index in [0.29, 0.717) is 5.57 Å². The van der Waals surface area contributed by atoms with Gasteiger partial charge in [0.05, 0.1) is 16.9 Å². The van der Waals surface area contributed by atoms with E-state index in [0.717, 1.165) is 11.1 Å². The molecular weight excluding hydrogens is 380 g/mol. The standard InChI is InChI=1S/C21H22O6S/c1-11-9-15(22)17-12(2)10-16(19-13(3)21(23)26-20(19)18(11)17)27-28(24,25)14-7-5-4-6-8-14/h4-9,13,16,18-20H,10H2,1-3H3/t13-,16-,18?,19?,20+/m0/s1. The smallest absolute Gasteiger partial charge is 0.309 e. The number of allylic oxidation sites excluding steroid dienone is 1. The van der Waals surface area contributed by atoms with Gasteiger partial charge in [0.1, 0.15) is 6.10 Å². The van der Waals surface area contributed by atoms with Crippen molar-refractivity contribution < 1.29 is 26.9 Å². The molecule has 28 heavy (non-hydrogen) atoms. The third-order valence-electron chi connectivity index (χ3n) is 6.01. The Kier molecular flexibility index (Phi) is 4.55. The Morgan fingerprint density at radius 2 is 1.79 bits per heavy atom. The van der Waals surface area contributed by atoms with Gasteiger partial charge in [-0.15, -0.1) is 0 Å². The van der Waals surface area contributed by atoms with Crippen molar-refractivity contribution in [1.82, 2.24) is 0 Å². The average Bonchev–Trinajstić information content (AvgIpc) is 3.05. The van der Waals surface area contributed by atoms with Crippen LogP contribution in [0.25, 0.3) is 0 Å². The SMILES string of the molecule is CC1=CC(=O)C2=C(C)C[C@H](OS(=O)(=O)c3ccccc3)C3[C@H](OC(=O)[C@H]3C)C12. The highest BCUT2D eigenvalue weighted by molar-refractivity contribution is 7.86. The number of carbonyl (C=O) groups is 2. The third kappa shape index (κ3) is 2.93. The highest BCUT2D eigenvalue weighted by Crippen LogP contribution is 2.49. The van der Waals surface area contributed by atoms with Crippen LogP contribution in [0.15, 0.2) is 58.0 Å². The molecule has 0 N–H and O–H groups in total. The van der Waals surface area contributed by atoms with Gasteiger partial charge >= 0.3 is 5.97 Å². The molecule has 3 aliphatic rings. The number of hydrogen-bond acceptors (Lipinski definition) is 6.